The lowest BCUT2D eigenvalue weighted by Gasteiger charge is -2.24. The molecule has 1 aliphatic rings. The van der Waals surface area contributed by atoms with Gasteiger partial charge >= 0.3 is 0 Å². The van der Waals surface area contributed by atoms with Gasteiger partial charge < -0.3 is 9.64 Å². The zero-order valence-corrected chi connectivity index (χ0v) is 9.39. The molecular weight excluding hydrogens is 202 g/mol. The first kappa shape index (κ1) is 10.9. The average molecular weight is 217 g/mol. The van der Waals surface area contributed by atoms with Crippen LogP contribution in [0.4, 0.5) is 5.69 Å². The molecular formula is C12H15N3O. The fourth-order valence-electron chi connectivity index (χ4n) is 1.79. The molecule has 0 atom stereocenters. The molecule has 0 unspecified atom stereocenters. The van der Waals surface area contributed by atoms with Crippen LogP contribution in [0.15, 0.2) is 18.3 Å². The number of rotatable bonds is 5. The normalized spacial score (nSPS) is 14.5. The molecule has 4 heteroatoms. The first-order valence-electron chi connectivity index (χ1n) is 5.47. The Hall–Kier alpha value is -1.60. The average Bonchev–Trinajstić information content (AvgIpc) is 3.14. The van der Waals surface area contributed by atoms with E-state index in [-0.39, 0.29) is 0 Å². The molecule has 1 heterocycles. The van der Waals surface area contributed by atoms with Crippen LogP contribution in [-0.2, 0) is 4.74 Å². The second-order valence-electron chi connectivity index (χ2n) is 3.90. The summed E-state index contributed by atoms with van der Waals surface area (Å²) in [5, 5.41) is 9.02. The SMILES string of the molecule is COCCN(c1cccnc1C#N)C1CC1. The zero-order chi connectivity index (χ0) is 11.4. The number of hydrogen-bond donors (Lipinski definition) is 0. The molecule has 0 aromatic carbocycles. The van der Waals surface area contributed by atoms with E-state index in [0.717, 1.165) is 12.2 Å². The molecule has 1 fully saturated rings. The molecule has 16 heavy (non-hydrogen) atoms. The highest BCUT2D eigenvalue weighted by atomic mass is 16.5. The first-order valence-corrected chi connectivity index (χ1v) is 5.47. The van der Waals surface area contributed by atoms with Crippen LogP contribution in [0, 0.1) is 11.3 Å². The molecule has 0 spiro atoms. The Kier molecular flexibility index (Phi) is 3.37. The smallest absolute Gasteiger partial charge is 0.163 e. The molecule has 1 aromatic rings. The van der Waals surface area contributed by atoms with E-state index in [4.69, 9.17) is 10.00 Å². The summed E-state index contributed by atoms with van der Waals surface area (Å²) in [5.74, 6) is 0. The summed E-state index contributed by atoms with van der Waals surface area (Å²) in [4.78, 5) is 6.32. The van der Waals surface area contributed by atoms with Crippen molar-refractivity contribution in [3.05, 3.63) is 24.0 Å². The highest BCUT2D eigenvalue weighted by molar-refractivity contribution is 5.57. The predicted molar refractivity (Wildman–Crippen MR) is 61.2 cm³/mol. The third-order valence-corrected chi connectivity index (χ3v) is 2.73. The summed E-state index contributed by atoms with van der Waals surface area (Å²) in [5.41, 5.74) is 1.44. The minimum Gasteiger partial charge on any atom is -0.383 e. The van der Waals surface area contributed by atoms with E-state index in [1.54, 1.807) is 13.3 Å². The molecule has 1 saturated carbocycles. The summed E-state index contributed by atoms with van der Waals surface area (Å²) >= 11 is 0. The van der Waals surface area contributed by atoms with Gasteiger partial charge in [0.1, 0.15) is 6.07 Å². The maximum absolute atomic E-state index is 9.02. The maximum Gasteiger partial charge on any atom is 0.163 e. The molecule has 0 amide bonds. The van der Waals surface area contributed by atoms with Crippen LogP contribution >= 0.6 is 0 Å². The predicted octanol–water partition coefficient (Wildman–Crippen LogP) is 1.57. The second kappa shape index (κ2) is 4.95. The molecule has 0 N–H and O–H groups in total. The standard InChI is InChI=1S/C12H15N3O/c1-16-8-7-15(10-4-5-10)12-3-2-6-14-11(12)9-13/h2-3,6,10H,4-5,7-8H2,1H3. The largest absolute Gasteiger partial charge is 0.383 e. The van der Waals surface area contributed by atoms with Crippen LogP contribution in [0.5, 0.6) is 0 Å². The molecule has 1 aliphatic carbocycles. The van der Waals surface area contributed by atoms with Crippen molar-refractivity contribution in [2.45, 2.75) is 18.9 Å². The Morgan fingerprint density at radius 1 is 1.62 bits per heavy atom. The van der Waals surface area contributed by atoms with Crippen molar-refractivity contribution in [3.63, 3.8) is 0 Å². The molecule has 4 nitrogen and oxygen atoms in total. The molecule has 0 aliphatic heterocycles. The van der Waals surface area contributed by atoms with Gasteiger partial charge in [0.05, 0.1) is 12.3 Å². The van der Waals surface area contributed by atoms with Crippen molar-refractivity contribution in [3.8, 4) is 6.07 Å². The van der Waals surface area contributed by atoms with Gasteiger partial charge in [-0.1, -0.05) is 0 Å². The number of nitrogens with zero attached hydrogens (tertiary/aromatic N) is 3. The van der Waals surface area contributed by atoms with Gasteiger partial charge in [-0.05, 0) is 25.0 Å². The van der Waals surface area contributed by atoms with Crippen molar-refractivity contribution in [1.29, 1.82) is 5.26 Å². The number of pyridine rings is 1. The fraction of sp³-hybridized carbons (Fsp3) is 0.500. The van der Waals surface area contributed by atoms with Gasteiger partial charge in [0.2, 0.25) is 0 Å². The van der Waals surface area contributed by atoms with Crippen molar-refractivity contribution in [2.75, 3.05) is 25.2 Å². The van der Waals surface area contributed by atoms with Crippen molar-refractivity contribution < 1.29 is 4.74 Å². The summed E-state index contributed by atoms with van der Waals surface area (Å²) < 4.78 is 5.10. The fourth-order valence-corrected chi connectivity index (χ4v) is 1.79. The van der Waals surface area contributed by atoms with Crippen LogP contribution < -0.4 is 4.90 Å². The molecule has 0 radical (unpaired) electrons. The third-order valence-electron chi connectivity index (χ3n) is 2.73. The third kappa shape index (κ3) is 2.31. The molecule has 2 rings (SSSR count). The lowest BCUT2D eigenvalue weighted by Crippen LogP contribution is -2.30. The minimum atomic E-state index is 0.505. The van der Waals surface area contributed by atoms with Crippen LogP contribution in [0.3, 0.4) is 0 Å². The van der Waals surface area contributed by atoms with Crippen molar-refractivity contribution >= 4 is 5.69 Å². The molecule has 0 bridgehead atoms. The molecule has 84 valence electrons. The Bertz CT molecular complexity index is 395. The zero-order valence-electron chi connectivity index (χ0n) is 9.39. The van der Waals surface area contributed by atoms with Gasteiger partial charge in [-0.3, -0.25) is 0 Å². The van der Waals surface area contributed by atoms with E-state index < -0.39 is 0 Å². The topological polar surface area (TPSA) is 49.1 Å². The van der Waals surface area contributed by atoms with Gasteiger partial charge in [-0.25, -0.2) is 4.98 Å². The van der Waals surface area contributed by atoms with Crippen LogP contribution in [0.1, 0.15) is 18.5 Å². The highest BCUT2D eigenvalue weighted by Gasteiger charge is 2.30. The Balaban J connectivity index is 2.20. The lowest BCUT2D eigenvalue weighted by molar-refractivity contribution is 0.205. The van der Waals surface area contributed by atoms with Crippen LogP contribution in [-0.4, -0.2) is 31.3 Å². The summed E-state index contributed by atoms with van der Waals surface area (Å²) in [6.07, 6.45) is 4.05. The van der Waals surface area contributed by atoms with Crippen LogP contribution in [0.2, 0.25) is 0 Å². The monoisotopic (exact) mass is 217 g/mol. The number of aromatic nitrogens is 1. The number of methoxy groups -OCH3 is 1. The Morgan fingerprint density at radius 3 is 3.06 bits per heavy atom. The highest BCUT2D eigenvalue weighted by Crippen LogP contribution is 2.32. The van der Waals surface area contributed by atoms with Gasteiger partial charge in [0.15, 0.2) is 5.69 Å². The minimum absolute atomic E-state index is 0.505. The summed E-state index contributed by atoms with van der Waals surface area (Å²) in [6.45, 7) is 1.50. The quantitative estimate of drug-likeness (QED) is 0.751. The number of ether oxygens (including phenoxy) is 1. The van der Waals surface area contributed by atoms with Crippen molar-refractivity contribution in [1.82, 2.24) is 4.98 Å². The molecule has 1 aromatic heterocycles. The first-order chi connectivity index (χ1) is 7.86. The molecule has 0 saturated heterocycles. The van der Waals surface area contributed by atoms with Crippen LogP contribution in [0.25, 0.3) is 0 Å². The number of anilines is 1. The van der Waals surface area contributed by atoms with E-state index in [2.05, 4.69) is 16.0 Å². The second-order valence-corrected chi connectivity index (χ2v) is 3.90. The van der Waals surface area contributed by atoms with E-state index in [0.29, 0.717) is 18.3 Å². The number of nitriles is 1. The Labute approximate surface area is 95.5 Å². The van der Waals surface area contributed by atoms with E-state index in [1.165, 1.54) is 12.8 Å². The van der Waals surface area contributed by atoms with Gasteiger partial charge in [0, 0.05) is 25.9 Å². The van der Waals surface area contributed by atoms with E-state index in [1.807, 2.05) is 12.1 Å². The lowest BCUT2D eigenvalue weighted by atomic mass is 10.2. The van der Waals surface area contributed by atoms with E-state index >= 15 is 0 Å². The maximum atomic E-state index is 9.02. The number of hydrogen-bond acceptors (Lipinski definition) is 4. The summed E-state index contributed by atoms with van der Waals surface area (Å²) in [6, 6.07) is 6.53. The van der Waals surface area contributed by atoms with Gasteiger partial charge in [-0.15, -0.1) is 0 Å². The van der Waals surface area contributed by atoms with Gasteiger partial charge in [0.25, 0.3) is 0 Å². The summed E-state index contributed by atoms with van der Waals surface area (Å²) in [7, 11) is 1.69. The van der Waals surface area contributed by atoms with Gasteiger partial charge in [-0.2, -0.15) is 5.26 Å². The van der Waals surface area contributed by atoms with E-state index in [9.17, 15) is 0 Å². The Morgan fingerprint density at radius 2 is 2.44 bits per heavy atom. The van der Waals surface area contributed by atoms with Crippen molar-refractivity contribution in [2.24, 2.45) is 0 Å².